The highest BCUT2D eigenvalue weighted by Gasteiger charge is 2.17. The van der Waals surface area contributed by atoms with Gasteiger partial charge in [0.2, 0.25) is 0 Å². The first-order valence-corrected chi connectivity index (χ1v) is 8.02. The van der Waals surface area contributed by atoms with Crippen LogP contribution in [0.4, 0.5) is 0 Å². The van der Waals surface area contributed by atoms with Gasteiger partial charge in [-0.15, -0.1) is 0 Å². The zero-order chi connectivity index (χ0) is 12.8. The van der Waals surface area contributed by atoms with E-state index in [1.165, 1.54) is 48.6 Å². The molecule has 1 saturated carbocycles. The molecule has 2 N–H and O–H groups in total. The van der Waals surface area contributed by atoms with E-state index in [-0.39, 0.29) is 0 Å². The third-order valence-corrected chi connectivity index (χ3v) is 5.03. The highest BCUT2D eigenvalue weighted by molar-refractivity contribution is 9.10. The molecule has 1 aliphatic rings. The summed E-state index contributed by atoms with van der Waals surface area (Å²) in [5, 5.41) is 0. The van der Waals surface area contributed by atoms with Crippen LogP contribution < -0.4 is 5.73 Å². The second-order valence-electron chi connectivity index (χ2n) is 5.63. The third kappa shape index (κ3) is 4.10. The van der Waals surface area contributed by atoms with E-state index in [1.807, 2.05) is 0 Å². The van der Waals surface area contributed by atoms with Crippen LogP contribution in [0, 0.1) is 11.8 Å². The van der Waals surface area contributed by atoms with Crippen LogP contribution in [0.15, 0.2) is 28.7 Å². The number of benzene rings is 1. The fraction of sp³-hybridized carbons (Fsp3) is 0.625. The molecule has 0 aliphatic heterocycles. The van der Waals surface area contributed by atoms with Crippen LogP contribution in [-0.4, -0.2) is 6.54 Å². The molecule has 1 unspecified atom stereocenters. The molecule has 1 aromatic rings. The van der Waals surface area contributed by atoms with Crippen LogP contribution in [0.25, 0.3) is 0 Å². The number of hydrogen-bond acceptors (Lipinski definition) is 1. The van der Waals surface area contributed by atoms with Crippen molar-refractivity contribution in [2.45, 2.75) is 44.9 Å². The van der Waals surface area contributed by atoms with Gasteiger partial charge in [0.1, 0.15) is 0 Å². The number of hydrogen-bond donors (Lipinski definition) is 1. The largest absolute Gasteiger partial charge is 0.330 e. The minimum Gasteiger partial charge on any atom is -0.330 e. The summed E-state index contributed by atoms with van der Waals surface area (Å²) in [5.74, 6) is 1.63. The predicted molar refractivity (Wildman–Crippen MR) is 81.6 cm³/mol. The van der Waals surface area contributed by atoms with Crippen molar-refractivity contribution >= 4 is 15.9 Å². The van der Waals surface area contributed by atoms with Gasteiger partial charge >= 0.3 is 0 Å². The second kappa shape index (κ2) is 7.30. The summed E-state index contributed by atoms with van der Waals surface area (Å²) < 4.78 is 1.23. The van der Waals surface area contributed by atoms with E-state index in [9.17, 15) is 0 Å². The van der Waals surface area contributed by atoms with Crippen LogP contribution in [0.5, 0.6) is 0 Å². The highest BCUT2D eigenvalue weighted by atomic mass is 79.9. The molecular formula is C16H24BrN. The van der Waals surface area contributed by atoms with Crippen molar-refractivity contribution in [1.29, 1.82) is 0 Å². The molecule has 0 aromatic heterocycles. The molecule has 2 heteroatoms. The highest BCUT2D eigenvalue weighted by Crippen LogP contribution is 2.30. The van der Waals surface area contributed by atoms with Crippen molar-refractivity contribution in [1.82, 2.24) is 0 Å². The van der Waals surface area contributed by atoms with Crippen molar-refractivity contribution < 1.29 is 0 Å². The van der Waals surface area contributed by atoms with Crippen LogP contribution in [0.2, 0.25) is 0 Å². The lowest BCUT2D eigenvalue weighted by Crippen LogP contribution is -2.18. The fourth-order valence-electron chi connectivity index (χ4n) is 3.05. The molecule has 0 spiro atoms. The van der Waals surface area contributed by atoms with Crippen molar-refractivity contribution in [2.24, 2.45) is 17.6 Å². The Hall–Kier alpha value is -0.340. The van der Waals surface area contributed by atoms with Gasteiger partial charge in [0.05, 0.1) is 0 Å². The molecule has 1 atom stereocenters. The molecule has 0 heterocycles. The molecule has 0 amide bonds. The van der Waals surface area contributed by atoms with Crippen molar-refractivity contribution in [3.63, 3.8) is 0 Å². The minimum absolute atomic E-state index is 0.643. The standard InChI is InChI=1S/C16H24BrN/c17-16-8-4-3-7-15(16)11-14(12-18)10-9-13-5-1-2-6-13/h3-4,7-8,13-14H,1-2,5-6,9-12,18H2. The summed E-state index contributed by atoms with van der Waals surface area (Å²) in [6.07, 6.45) is 9.59. The van der Waals surface area contributed by atoms with Gasteiger partial charge in [0.15, 0.2) is 0 Å². The second-order valence-corrected chi connectivity index (χ2v) is 6.48. The Kier molecular flexibility index (Phi) is 5.71. The zero-order valence-corrected chi connectivity index (χ0v) is 12.7. The first-order valence-electron chi connectivity index (χ1n) is 7.23. The van der Waals surface area contributed by atoms with Crippen molar-refractivity contribution in [3.8, 4) is 0 Å². The lowest BCUT2D eigenvalue weighted by molar-refractivity contribution is 0.399. The van der Waals surface area contributed by atoms with Gasteiger partial charge in [-0.3, -0.25) is 0 Å². The Balaban J connectivity index is 1.83. The Morgan fingerprint density at radius 2 is 1.94 bits per heavy atom. The van der Waals surface area contributed by atoms with Gasteiger partial charge in [0, 0.05) is 4.47 Å². The Labute approximate surface area is 119 Å². The predicted octanol–water partition coefficient (Wildman–Crippen LogP) is 4.54. The van der Waals surface area contributed by atoms with E-state index in [0.717, 1.165) is 18.9 Å². The van der Waals surface area contributed by atoms with E-state index >= 15 is 0 Å². The van der Waals surface area contributed by atoms with E-state index in [0.29, 0.717) is 5.92 Å². The summed E-state index contributed by atoms with van der Waals surface area (Å²) in [5.41, 5.74) is 7.34. The maximum absolute atomic E-state index is 5.94. The van der Waals surface area contributed by atoms with Gasteiger partial charge in [-0.1, -0.05) is 66.2 Å². The number of nitrogens with two attached hydrogens (primary N) is 1. The third-order valence-electron chi connectivity index (χ3n) is 4.26. The van der Waals surface area contributed by atoms with Gasteiger partial charge in [-0.25, -0.2) is 0 Å². The maximum Gasteiger partial charge on any atom is 0.0207 e. The SMILES string of the molecule is NCC(CCC1CCCC1)Cc1ccccc1Br. The van der Waals surface area contributed by atoms with Crippen LogP contribution >= 0.6 is 15.9 Å². The quantitative estimate of drug-likeness (QED) is 0.820. The first kappa shape index (κ1) is 14.1. The normalized spacial score (nSPS) is 18.1. The van der Waals surface area contributed by atoms with Crippen molar-refractivity contribution in [3.05, 3.63) is 34.3 Å². The number of halogens is 1. The smallest absolute Gasteiger partial charge is 0.0207 e. The molecule has 100 valence electrons. The van der Waals surface area contributed by atoms with Gasteiger partial charge in [0.25, 0.3) is 0 Å². The molecule has 0 saturated heterocycles. The molecule has 0 bridgehead atoms. The summed E-state index contributed by atoms with van der Waals surface area (Å²) in [4.78, 5) is 0. The van der Waals surface area contributed by atoms with Crippen molar-refractivity contribution in [2.75, 3.05) is 6.54 Å². The van der Waals surface area contributed by atoms with E-state index in [4.69, 9.17) is 5.73 Å². The molecule has 2 rings (SSSR count). The Bertz CT molecular complexity index is 358. The lowest BCUT2D eigenvalue weighted by Gasteiger charge is -2.18. The minimum atomic E-state index is 0.643. The van der Waals surface area contributed by atoms with Crippen LogP contribution in [0.3, 0.4) is 0 Å². The topological polar surface area (TPSA) is 26.0 Å². The average molecular weight is 310 g/mol. The zero-order valence-electron chi connectivity index (χ0n) is 11.1. The van der Waals surface area contributed by atoms with E-state index in [2.05, 4.69) is 40.2 Å². The number of rotatable bonds is 6. The van der Waals surface area contributed by atoms with Gasteiger partial charge < -0.3 is 5.73 Å². The summed E-state index contributed by atoms with van der Waals surface area (Å²) in [7, 11) is 0. The van der Waals surface area contributed by atoms with E-state index < -0.39 is 0 Å². The van der Waals surface area contributed by atoms with E-state index in [1.54, 1.807) is 0 Å². The Morgan fingerprint density at radius 3 is 2.61 bits per heavy atom. The van der Waals surface area contributed by atoms with Gasteiger partial charge in [-0.2, -0.15) is 0 Å². The Morgan fingerprint density at radius 1 is 1.22 bits per heavy atom. The van der Waals surface area contributed by atoms with Gasteiger partial charge in [-0.05, 0) is 42.9 Å². The molecule has 1 aliphatic carbocycles. The van der Waals surface area contributed by atoms with Crippen LogP contribution in [-0.2, 0) is 6.42 Å². The molecule has 0 radical (unpaired) electrons. The molecule has 1 nitrogen and oxygen atoms in total. The average Bonchev–Trinajstić information content (AvgIpc) is 2.90. The monoisotopic (exact) mass is 309 g/mol. The maximum atomic E-state index is 5.94. The fourth-order valence-corrected chi connectivity index (χ4v) is 3.50. The summed E-state index contributed by atoms with van der Waals surface area (Å²) in [6.45, 7) is 0.814. The summed E-state index contributed by atoms with van der Waals surface area (Å²) in [6, 6.07) is 8.52. The molecule has 1 fully saturated rings. The molecule has 1 aromatic carbocycles. The van der Waals surface area contributed by atoms with Crippen LogP contribution in [0.1, 0.15) is 44.1 Å². The summed E-state index contributed by atoms with van der Waals surface area (Å²) >= 11 is 3.63. The first-order chi connectivity index (χ1) is 8.79. The lowest BCUT2D eigenvalue weighted by atomic mass is 9.90. The molecule has 18 heavy (non-hydrogen) atoms. The molecular weight excluding hydrogens is 286 g/mol.